The Kier molecular flexibility index (Phi) is 3.38. The molecule has 2 atom stereocenters. The third-order valence-electron chi connectivity index (χ3n) is 2.86. The fourth-order valence-electron chi connectivity index (χ4n) is 1.89. The molecule has 0 bridgehead atoms. The molecule has 2 rings (SSSR count). The van der Waals surface area contributed by atoms with E-state index in [1.807, 2.05) is 16.8 Å². The van der Waals surface area contributed by atoms with Crippen LogP contribution in [0.5, 0.6) is 0 Å². The van der Waals surface area contributed by atoms with Crippen molar-refractivity contribution in [3.63, 3.8) is 0 Å². The van der Waals surface area contributed by atoms with Crippen LogP contribution >= 0.6 is 11.3 Å². The van der Waals surface area contributed by atoms with E-state index in [0.29, 0.717) is 6.04 Å². The SMILES string of the molecule is CC1NCCCC1NC(=O)c1ccsc1. The molecule has 1 aliphatic heterocycles. The van der Waals surface area contributed by atoms with Crippen LogP contribution in [0.1, 0.15) is 30.1 Å². The first kappa shape index (κ1) is 10.6. The van der Waals surface area contributed by atoms with E-state index >= 15 is 0 Å². The smallest absolute Gasteiger partial charge is 0.252 e. The van der Waals surface area contributed by atoms with Crippen LogP contribution in [0.15, 0.2) is 16.8 Å². The maximum atomic E-state index is 11.8. The minimum absolute atomic E-state index is 0.0526. The predicted molar refractivity (Wildman–Crippen MR) is 62.3 cm³/mol. The van der Waals surface area contributed by atoms with Crippen molar-refractivity contribution in [1.82, 2.24) is 10.6 Å². The van der Waals surface area contributed by atoms with Gasteiger partial charge in [0, 0.05) is 23.0 Å². The number of hydrogen-bond donors (Lipinski definition) is 2. The normalized spacial score (nSPS) is 26.2. The van der Waals surface area contributed by atoms with Crippen molar-refractivity contribution < 1.29 is 4.79 Å². The summed E-state index contributed by atoms with van der Waals surface area (Å²) in [4.78, 5) is 11.8. The summed E-state index contributed by atoms with van der Waals surface area (Å²) in [5.41, 5.74) is 0.776. The van der Waals surface area contributed by atoms with Gasteiger partial charge >= 0.3 is 0 Å². The second-order valence-electron chi connectivity index (χ2n) is 3.98. The highest BCUT2D eigenvalue weighted by atomic mass is 32.1. The molecule has 1 saturated heterocycles. The summed E-state index contributed by atoms with van der Waals surface area (Å²) in [5, 5.41) is 10.3. The molecule has 82 valence electrons. The molecule has 0 spiro atoms. The van der Waals surface area contributed by atoms with Gasteiger partial charge in [0.25, 0.3) is 5.91 Å². The molecule has 2 heterocycles. The van der Waals surface area contributed by atoms with Gasteiger partial charge in [0.05, 0.1) is 0 Å². The molecule has 1 aromatic heterocycles. The standard InChI is InChI=1S/C11H16N2OS/c1-8-10(3-2-5-12-8)13-11(14)9-4-6-15-7-9/h4,6-8,10,12H,2-3,5H2,1H3,(H,13,14). The van der Waals surface area contributed by atoms with Gasteiger partial charge in [0.2, 0.25) is 0 Å². The number of nitrogens with one attached hydrogen (secondary N) is 2. The van der Waals surface area contributed by atoms with Gasteiger partial charge in [-0.1, -0.05) is 0 Å². The number of rotatable bonds is 2. The predicted octanol–water partition coefficient (Wildman–Crippen LogP) is 1.62. The van der Waals surface area contributed by atoms with Crippen LogP contribution in [-0.2, 0) is 0 Å². The Morgan fingerprint density at radius 1 is 1.67 bits per heavy atom. The van der Waals surface area contributed by atoms with Gasteiger partial charge in [-0.2, -0.15) is 11.3 Å². The summed E-state index contributed by atoms with van der Waals surface area (Å²) in [6, 6.07) is 2.51. The molecule has 0 aromatic carbocycles. The van der Waals surface area contributed by atoms with Crippen molar-refractivity contribution in [1.29, 1.82) is 0 Å². The quantitative estimate of drug-likeness (QED) is 0.801. The zero-order chi connectivity index (χ0) is 10.7. The van der Waals surface area contributed by atoms with Crippen molar-refractivity contribution in [2.75, 3.05) is 6.54 Å². The number of hydrogen-bond acceptors (Lipinski definition) is 3. The minimum atomic E-state index is 0.0526. The van der Waals surface area contributed by atoms with Crippen LogP contribution in [0.25, 0.3) is 0 Å². The van der Waals surface area contributed by atoms with E-state index in [0.717, 1.165) is 24.9 Å². The first-order valence-electron chi connectivity index (χ1n) is 5.34. The molecule has 15 heavy (non-hydrogen) atoms. The van der Waals surface area contributed by atoms with Crippen molar-refractivity contribution in [2.45, 2.75) is 31.8 Å². The highest BCUT2D eigenvalue weighted by Gasteiger charge is 2.22. The van der Waals surface area contributed by atoms with Crippen LogP contribution in [0.4, 0.5) is 0 Å². The lowest BCUT2D eigenvalue weighted by Crippen LogP contribution is -2.51. The van der Waals surface area contributed by atoms with Crippen LogP contribution in [-0.4, -0.2) is 24.5 Å². The average Bonchev–Trinajstić information content (AvgIpc) is 2.74. The Hall–Kier alpha value is -0.870. The molecular weight excluding hydrogens is 208 g/mol. The third-order valence-corrected chi connectivity index (χ3v) is 3.54. The molecular formula is C11H16N2OS. The fraction of sp³-hybridized carbons (Fsp3) is 0.545. The highest BCUT2D eigenvalue weighted by molar-refractivity contribution is 7.08. The Morgan fingerprint density at radius 3 is 3.20 bits per heavy atom. The number of piperidine rings is 1. The monoisotopic (exact) mass is 224 g/mol. The molecule has 0 saturated carbocycles. The molecule has 1 amide bonds. The second-order valence-corrected chi connectivity index (χ2v) is 4.76. The maximum absolute atomic E-state index is 11.8. The van der Waals surface area contributed by atoms with Gasteiger partial charge in [0.1, 0.15) is 0 Å². The van der Waals surface area contributed by atoms with E-state index in [2.05, 4.69) is 17.6 Å². The van der Waals surface area contributed by atoms with E-state index in [1.54, 1.807) is 11.3 Å². The van der Waals surface area contributed by atoms with Gasteiger partial charge < -0.3 is 10.6 Å². The number of carbonyl (C=O) groups is 1. The van der Waals surface area contributed by atoms with Gasteiger partial charge in [-0.3, -0.25) is 4.79 Å². The summed E-state index contributed by atoms with van der Waals surface area (Å²) in [7, 11) is 0. The molecule has 1 fully saturated rings. The Balaban J connectivity index is 1.93. The van der Waals surface area contributed by atoms with Crippen molar-refractivity contribution in [3.8, 4) is 0 Å². The molecule has 0 aliphatic carbocycles. The molecule has 1 aromatic rings. The first-order valence-corrected chi connectivity index (χ1v) is 6.28. The van der Waals surface area contributed by atoms with Crippen LogP contribution < -0.4 is 10.6 Å². The molecule has 4 heteroatoms. The molecule has 3 nitrogen and oxygen atoms in total. The molecule has 2 N–H and O–H groups in total. The Bertz CT molecular complexity index is 323. The Morgan fingerprint density at radius 2 is 2.53 bits per heavy atom. The fourth-order valence-corrected chi connectivity index (χ4v) is 2.52. The minimum Gasteiger partial charge on any atom is -0.348 e. The lowest BCUT2D eigenvalue weighted by molar-refractivity contribution is 0.0920. The zero-order valence-corrected chi connectivity index (χ0v) is 9.64. The summed E-state index contributed by atoms with van der Waals surface area (Å²) < 4.78 is 0. The first-order chi connectivity index (χ1) is 7.27. The lowest BCUT2D eigenvalue weighted by atomic mass is 10.00. The van der Waals surface area contributed by atoms with E-state index in [-0.39, 0.29) is 11.9 Å². The van der Waals surface area contributed by atoms with Gasteiger partial charge in [-0.15, -0.1) is 0 Å². The van der Waals surface area contributed by atoms with E-state index in [4.69, 9.17) is 0 Å². The van der Waals surface area contributed by atoms with Crippen molar-refractivity contribution in [3.05, 3.63) is 22.4 Å². The van der Waals surface area contributed by atoms with E-state index < -0.39 is 0 Å². The lowest BCUT2D eigenvalue weighted by Gasteiger charge is -2.30. The molecule has 2 unspecified atom stereocenters. The van der Waals surface area contributed by atoms with Crippen molar-refractivity contribution in [2.24, 2.45) is 0 Å². The highest BCUT2D eigenvalue weighted by Crippen LogP contribution is 2.11. The van der Waals surface area contributed by atoms with Gasteiger partial charge in [0.15, 0.2) is 0 Å². The molecule has 1 aliphatic rings. The van der Waals surface area contributed by atoms with E-state index in [1.165, 1.54) is 0 Å². The van der Waals surface area contributed by atoms with E-state index in [9.17, 15) is 4.79 Å². The Labute approximate surface area is 93.9 Å². The number of carbonyl (C=O) groups excluding carboxylic acids is 1. The largest absolute Gasteiger partial charge is 0.348 e. The van der Waals surface area contributed by atoms with Gasteiger partial charge in [-0.05, 0) is 37.8 Å². The van der Waals surface area contributed by atoms with Gasteiger partial charge in [-0.25, -0.2) is 0 Å². The summed E-state index contributed by atoms with van der Waals surface area (Å²) in [6.45, 7) is 3.18. The summed E-state index contributed by atoms with van der Waals surface area (Å²) >= 11 is 1.55. The second kappa shape index (κ2) is 4.77. The third kappa shape index (κ3) is 2.58. The number of amides is 1. The topological polar surface area (TPSA) is 41.1 Å². The van der Waals surface area contributed by atoms with Crippen LogP contribution in [0.2, 0.25) is 0 Å². The van der Waals surface area contributed by atoms with Crippen LogP contribution in [0.3, 0.4) is 0 Å². The zero-order valence-electron chi connectivity index (χ0n) is 8.82. The van der Waals surface area contributed by atoms with Crippen LogP contribution in [0, 0.1) is 0 Å². The average molecular weight is 224 g/mol. The van der Waals surface area contributed by atoms with Crippen molar-refractivity contribution >= 4 is 17.2 Å². The maximum Gasteiger partial charge on any atom is 0.252 e. The summed E-state index contributed by atoms with van der Waals surface area (Å²) in [5.74, 6) is 0.0526. The number of thiophene rings is 1. The molecule has 0 radical (unpaired) electrons. The summed E-state index contributed by atoms with van der Waals surface area (Å²) in [6.07, 6.45) is 2.21.